The Bertz CT molecular complexity index is 266. The molecule has 0 bridgehead atoms. The maximum Gasteiger partial charge on any atom is 0.153 e. The Hall–Kier alpha value is -1.03. The van der Waals surface area contributed by atoms with Gasteiger partial charge in [-0.1, -0.05) is 0 Å². The molecule has 72 valence electrons. The smallest absolute Gasteiger partial charge is 0.153 e. The summed E-state index contributed by atoms with van der Waals surface area (Å²) in [7, 11) is 0. The van der Waals surface area contributed by atoms with Gasteiger partial charge in [-0.3, -0.25) is 4.68 Å². The summed E-state index contributed by atoms with van der Waals surface area (Å²) in [5, 5.41) is 13.1. The van der Waals surface area contributed by atoms with Crippen LogP contribution in [0.1, 0.15) is 12.8 Å². The van der Waals surface area contributed by atoms with Crippen molar-refractivity contribution in [1.29, 1.82) is 0 Å². The van der Waals surface area contributed by atoms with Crippen LogP contribution in [0.25, 0.3) is 0 Å². The van der Waals surface area contributed by atoms with Crippen LogP contribution in [0.2, 0.25) is 0 Å². The van der Waals surface area contributed by atoms with Crippen LogP contribution < -0.4 is 0 Å². The summed E-state index contributed by atoms with van der Waals surface area (Å²) in [6, 6.07) is 0. The molecule has 0 atom stereocenters. The molecule has 1 N–H and O–H groups in total. The van der Waals surface area contributed by atoms with E-state index in [1.54, 1.807) is 10.9 Å². The van der Waals surface area contributed by atoms with Crippen LogP contribution in [0.3, 0.4) is 0 Å². The van der Waals surface area contributed by atoms with E-state index >= 15 is 0 Å². The number of aromatic nitrogens is 2. The molecule has 1 saturated heterocycles. The van der Waals surface area contributed by atoms with Crippen molar-refractivity contribution in [3.8, 4) is 5.75 Å². The van der Waals surface area contributed by atoms with Crippen molar-refractivity contribution in [2.45, 2.75) is 19.4 Å². The van der Waals surface area contributed by atoms with Gasteiger partial charge in [0.2, 0.25) is 0 Å². The number of ether oxygens (including phenoxy) is 1. The molecule has 1 aromatic heterocycles. The third-order valence-corrected chi connectivity index (χ3v) is 2.41. The molecule has 1 aromatic rings. The van der Waals surface area contributed by atoms with Gasteiger partial charge in [0.25, 0.3) is 0 Å². The van der Waals surface area contributed by atoms with Gasteiger partial charge in [-0.05, 0) is 18.8 Å². The number of hydrogen-bond acceptors (Lipinski definition) is 3. The molecule has 0 radical (unpaired) electrons. The molecule has 2 heterocycles. The average molecular weight is 182 g/mol. The van der Waals surface area contributed by atoms with E-state index in [0.29, 0.717) is 5.92 Å². The Balaban J connectivity index is 1.89. The number of rotatable bonds is 2. The van der Waals surface area contributed by atoms with Crippen LogP contribution in [0.5, 0.6) is 5.75 Å². The van der Waals surface area contributed by atoms with Crippen LogP contribution in [0.15, 0.2) is 12.4 Å². The quantitative estimate of drug-likeness (QED) is 0.742. The Morgan fingerprint density at radius 3 is 2.92 bits per heavy atom. The lowest BCUT2D eigenvalue weighted by atomic mass is 10.0. The predicted molar refractivity (Wildman–Crippen MR) is 47.4 cm³/mol. The maximum absolute atomic E-state index is 9.07. The Labute approximate surface area is 77.1 Å². The SMILES string of the molecule is Oc1cnn(CC2CCOCC2)c1. The van der Waals surface area contributed by atoms with Crippen LogP contribution >= 0.6 is 0 Å². The van der Waals surface area contributed by atoms with Crippen molar-refractivity contribution in [2.75, 3.05) is 13.2 Å². The van der Waals surface area contributed by atoms with Gasteiger partial charge in [-0.25, -0.2) is 0 Å². The van der Waals surface area contributed by atoms with Gasteiger partial charge < -0.3 is 9.84 Å². The van der Waals surface area contributed by atoms with E-state index < -0.39 is 0 Å². The molecule has 4 heteroatoms. The highest BCUT2D eigenvalue weighted by Crippen LogP contribution is 2.17. The Morgan fingerprint density at radius 1 is 1.54 bits per heavy atom. The number of aromatic hydroxyl groups is 1. The number of hydrogen-bond donors (Lipinski definition) is 1. The van der Waals surface area contributed by atoms with Gasteiger partial charge in [0.05, 0.1) is 12.4 Å². The van der Waals surface area contributed by atoms with Crippen molar-refractivity contribution < 1.29 is 9.84 Å². The van der Waals surface area contributed by atoms with Gasteiger partial charge in [-0.15, -0.1) is 0 Å². The normalized spacial score (nSPS) is 19.1. The van der Waals surface area contributed by atoms with Crippen LogP contribution in [-0.4, -0.2) is 28.1 Å². The van der Waals surface area contributed by atoms with Gasteiger partial charge in [-0.2, -0.15) is 5.10 Å². The molecule has 1 aliphatic heterocycles. The fourth-order valence-corrected chi connectivity index (χ4v) is 1.65. The van der Waals surface area contributed by atoms with E-state index in [-0.39, 0.29) is 5.75 Å². The van der Waals surface area contributed by atoms with E-state index in [1.165, 1.54) is 6.20 Å². The monoisotopic (exact) mass is 182 g/mol. The third-order valence-electron chi connectivity index (χ3n) is 2.41. The van der Waals surface area contributed by atoms with Crippen molar-refractivity contribution in [3.05, 3.63) is 12.4 Å². The molecular weight excluding hydrogens is 168 g/mol. The molecule has 0 amide bonds. The molecule has 1 fully saturated rings. The van der Waals surface area contributed by atoms with E-state index in [0.717, 1.165) is 32.6 Å². The predicted octanol–water partition coefficient (Wildman–Crippen LogP) is 1.02. The second-order valence-electron chi connectivity index (χ2n) is 3.48. The van der Waals surface area contributed by atoms with Crippen molar-refractivity contribution >= 4 is 0 Å². The van der Waals surface area contributed by atoms with Gasteiger partial charge >= 0.3 is 0 Å². The molecule has 0 unspecified atom stereocenters. The van der Waals surface area contributed by atoms with Gasteiger partial charge in [0.1, 0.15) is 0 Å². The largest absolute Gasteiger partial charge is 0.505 e. The molecular formula is C9H14N2O2. The highest BCUT2D eigenvalue weighted by molar-refractivity contribution is 5.08. The zero-order valence-electron chi connectivity index (χ0n) is 7.52. The summed E-state index contributed by atoms with van der Waals surface area (Å²) in [4.78, 5) is 0. The van der Waals surface area contributed by atoms with Gasteiger partial charge in [0.15, 0.2) is 5.75 Å². The summed E-state index contributed by atoms with van der Waals surface area (Å²) < 4.78 is 7.06. The molecule has 1 aliphatic rings. The lowest BCUT2D eigenvalue weighted by molar-refractivity contribution is 0.0601. The molecule has 0 spiro atoms. The van der Waals surface area contributed by atoms with Crippen molar-refractivity contribution in [3.63, 3.8) is 0 Å². The first-order valence-electron chi connectivity index (χ1n) is 4.64. The highest BCUT2D eigenvalue weighted by atomic mass is 16.5. The summed E-state index contributed by atoms with van der Waals surface area (Å²) in [6.07, 6.45) is 5.33. The third kappa shape index (κ3) is 2.21. The number of nitrogens with zero attached hydrogens (tertiary/aromatic N) is 2. The van der Waals surface area contributed by atoms with E-state index in [1.807, 2.05) is 0 Å². The fraction of sp³-hybridized carbons (Fsp3) is 0.667. The molecule has 4 nitrogen and oxygen atoms in total. The summed E-state index contributed by atoms with van der Waals surface area (Å²) in [5.74, 6) is 0.889. The molecule has 13 heavy (non-hydrogen) atoms. The zero-order chi connectivity index (χ0) is 9.10. The maximum atomic E-state index is 9.07. The summed E-state index contributed by atoms with van der Waals surface area (Å²) >= 11 is 0. The second-order valence-corrected chi connectivity index (χ2v) is 3.48. The molecule has 0 saturated carbocycles. The lowest BCUT2D eigenvalue weighted by Crippen LogP contribution is -2.20. The fourth-order valence-electron chi connectivity index (χ4n) is 1.65. The molecule has 2 rings (SSSR count). The minimum Gasteiger partial charge on any atom is -0.505 e. The van der Waals surface area contributed by atoms with Crippen LogP contribution in [0, 0.1) is 5.92 Å². The first-order chi connectivity index (χ1) is 6.34. The molecule has 0 aromatic carbocycles. The van der Waals surface area contributed by atoms with Gasteiger partial charge in [0, 0.05) is 19.8 Å². The summed E-state index contributed by atoms with van der Waals surface area (Å²) in [5.41, 5.74) is 0. The standard InChI is InChI=1S/C9H14N2O2/c12-9-5-10-11(7-9)6-8-1-3-13-4-2-8/h5,7-8,12H,1-4,6H2. The summed E-state index contributed by atoms with van der Waals surface area (Å²) in [6.45, 7) is 2.61. The van der Waals surface area contributed by atoms with Crippen molar-refractivity contribution in [2.24, 2.45) is 5.92 Å². The average Bonchev–Trinajstić information content (AvgIpc) is 2.53. The van der Waals surface area contributed by atoms with E-state index in [9.17, 15) is 0 Å². The van der Waals surface area contributed by atoms with E-state index in [2.05, 4.69) is 5.10 Å². The Kier molecular flexibility index (Phi) is 2.49. The highest BCUT2D eigenvalue weighted by Gasteiger charge is 2.14. The minimum atomic E-state index is 0.243. The first kappa shape index (κ1) is 8.56. The minimum absolute atomic E-state index is 0.243. The van der Waals surface area contributed by atoms with Crippen molar-refractivity contribution in [1.82, 2.24) is 9.78 Å². The van der Waals surface area contributed by atoms with Crippen LogP contribution in [-0.2, 0) is 11.3 Å². The van der Waals surface area contributed by atoms with E-state index in [4.69, 9.17) is 9.84 Å². The second kappa shape index (κ2) is 3.79. The topological polar surface area (TPSA) is 47.3 Å². The first-order valence-corrected chi connectivity index (χ1v) is 4.64. The zero-order valence-corrected chi connectivity index (χ0v) is 7.52. The lowest BCUT2D eigenvalue weighted by Gasteiger charge is -2.21. The Morgan fingerprint density at radius 2 is 2.31 bits per heavy atom. The van der Waals surface area contributed by atoms with Crippen LogP contribution in [0.4, 0.5) is 0 Å². The molecule has 0 aliphatic carbocycles.